The molecule has 0 unspecified atom stereocenters. The molecule has 0 saturated carbocycles. The van der Waals surface area contributed by atoms with E-state index in [4.69, 9.17) is 0 Å². The third-order valence-corrected chi connectivity index (χ3v) is 4.18. The molecule has 0 fully saturated rings. The lowest BCUT2D eigenvalue weighted by Gasteiger charge is -2.15. The van der Waals surface area contributed by atoms with E-state index < -0.39 is 0 Å². The number of hydrogen-bond acceptors (Lipinski definition) is 3. The van der Waals surface area contributed by atoms with Crippen molar-refractivity contribution in [2.45, 2.75) is 13.5 Å². The first-order valence-corrected chi connectivity index (χ1v) is 8.21. The van der Waals surface area contributed by atoms with Crippen LogP contribution in [-0.4, -0.2) is 28.2 Å². The van der Waals surface area contributed by atoms with Gasteiger partial charge in [-0.1, -0.05) is 12.6 Å². The Kier molecular flexibility index (Phi) is 4.84. The number of amides is 2. The SMILES string of the molecule is C=CC(=O)N(C)c1ccc(C(=O)NCc2cn3cccc(C)c3n2)cc1. The van der Waals surface area contributed by atoms with Gasteiger partial charge in [-0.2, -0.15) is 0 Å². The van der Waals surface area contributed by atoms with Gasteiger partial charge in [-0.05, 0) is 48.9 Å². The van der Waals surface area contributed by atoms with Crippen LogP contribution in [0.2, 0.25) is 0 Å². The molecule has 0 aliphatic rings. The monoisotopic (exact) mass is 348 g/mol. The van der Waals surface area contributed by atoms with Crippen LogP contribution in [0, 0.1) is 6.92 Å². The molecule has 2 aromatic heterocycles. The fourth-order valence-electron chi connectivity index (χ4n) is 2.66. The van der Waals surface area contributed by atoms with Gasteiger partial charge in [0.25, 0.3) is 5.91 Å². The minimum absolute atomic E-state index is 0.192. The Morgan fingerprint density at radius 2 is 2.00 bits per heavy atom. The van der Waals surface area contributed by atoms with Gasteiger partial charge in [-0.25, -0.2) is 4.98 Å². The molecule has 3 aromatic rings. The second-order valence-corrected chi connectivity index (χ2v) is 5.99. The first kappa shape index (κ1) is 17.4. The quantitative estimate of drug-likeness (QED) is 0.721. The molecule has 2 heterocycles. The minimum Gasteiger partial charge on any atom is -0.346 e. The van der Waals surface area contributed by atoms with Crippen LogP contribution in [0.1, 0.15) is 21.6 Å². The maximum atomic E-state index is 12.3. The van der Waals surface area contributed by atoms with Crippen molar-refractivity contribution in [3.05, 3.63) is 78.3 Å². The number of carbonyl (C=O) groups is 2. The molecule has 0 aliphatic carbocycles. The number of fused-ring (bicyclic) bond motifs is 1. The zero-order chi connectivity index (χ0) is 18.7. The number of anilines is 1. The normalized spacial score (nSPS) is 10.5. The van der Waals surface area contributed by atoms with E-state index in [2.05, 4.69) is 16.9 Å². The summed E-state index contributed by atoms with van der Waals surface area (Å²) >= 11 is 0. The summed E-state index contributed by atoms with van der Waals surface area (Å²) in [6.07, 6.45) is 5.08. The predicted molar refractivity (Wildman–Crippen MR) is 101 cm³/mol. The standard InChI is InChI=1S/C20H20N4O2/c1-4-18(25)23(3)17-9-7-15(8-10-17)20(26)21-12-16-13-24-11-5-6-14(2)19(24)22-16/h4-11,13H,1,12H2,2-3H3,(H,21,26). The number of benzene rings is 1. The van der Waals surface area contributed by atoms with E-state index in [1.807, 2.05) is 35.9 Å². The first-order chi connectivity index (χ1) is 12.5. The Labute approximate surface area is 151 Å². The highest BCUT2D eigenvalue weighted by atomic mass is 16.2. The summed E-state index contributed by atoms with van der Waals surface area (Å²) in [5.41, 5.74) is 3.98. The molecular formula is C20H20N4O2. The highest BCUT2D eigenvalue weighted by Gasteiger charge is 2.10. The summed E-state index contributed by atoms with van der Waals surface area (Å²) in [6.45, 7) is 5.81. The smallest absolute Gasteiger partial charge is 0.251 e. The Bertz CT molecular complexity index is 973. The topological polar surface area (TPSA) is 66.7 Å². The molecule has 0 saturated heterocycles. The lowest BCUT2D eigenvalue weighted by Crippen LogP contribution is -2.25. The number of pyridine rings is 1. The van der Waals surface area contributed by atoms with Crippen molar-refractivity contribution in [2.24, 2.45) is 0 Å². The van der Waals surface area contributed by atoms with E-state index in [1.54, 1.807) is 31.3 Å². The third-order valence-electron chi connectivity index (χ3n) is 4.18. The van der Waals surface area contributed by atoms with E-state index in [9.17, 15) is 9.59 Å². The van der Waals surface area contributed by atoms with Gasteiger partial charge in [0.15, 0.2) is 0 Å². The van der Waals surface area contributed by atoms with Gasteiger partial charge in [0.1, 0.15) is 5.65 Å². The van der Waals surface area contributed by atoms with Crippen molar-refractivity contribution >= 4 is 23.1 Å². The molecule has 0 radical (unpaired) electrons. The van der Waals surface area contributed by atoms with E-state index in [1.165, 1.54) is 11.0 Å². The average molecular weight is 348 g/mol. The molecule has 6 nitrogen and oxygen atoms in total. The summed E-state index contributed by atoms with van der Waals surface area (Å²) in [5.74, 6) is -0.396. The van der Waals surface area contributed by atoms with Crippen molar-refractivity contribution in [1.29, 1.82) is 0 Å². The van der Waals surface area contributed by atoms with Crippen molar-refractivity contribution < 1.29 is 9.59 Å². The molecule has 26 heavy (non-hydrogen) atoms. The number of imidazole rings is 1. The van der Waals surface area contributed by atoms with E-state index in [0.717, 1.165) is 16.9 Å². The molecule has 6 heteroatoms. The molecule has 1 N–H and O–H groups in total. The fourth-order valence-corrected chi connectivity index (χ4v) is 2.66. The Morgan fingerprint density at radius 3 is 2.65 bits per heavy atom. The number of nitrogens with zero attached hydrogens (tertiary/aromatic N) is 3. The van der Waals surface area contributed by atoms with Gasteiger partial charge in [-0.3, -0.25) is 9.59 Å². The molecule has 0 aliphatic heterocycles. The predicted octanol–water partition coefficient (Wildman–Crippen LogP) is 2.72. The van der Waals surface area contributed by atoms with Crippen molar-refractivity contribution in [3.8, 4) is 0 Å². The lowest BCUT2D eigenvalue weighted by molar-refractivity contribution is -0.113. The zero-order valence-corrected chi connectivity index (χ0v) is 14.8. The maximum Gasteiger partial charge on any atom is 0.251 e. The summed E-state index contributed by atoms with van der Waals surface area (Å²) < 4.78 is 1.94. The third kappa shape index (κ3) is 3.49. The Hall–Kier alpha value is -3.41. The molecule has 3 rings (SSSR count). The number of carbonyl (C=O) groups excluding carboxylic acids is 2. The number of aryl methyl sites for hydroxylation is 1. The van der Waals surface area contributed by atoms with Gasteiger partial charge in [-0.15, -0.1) is 0 Å². The highest BCUT2D eigenvalue weighted by molar-refractivity contribution is 6.01. The van der Waals surface area contributed by atoms with Crippen LogP contribution in [0.5, 0.6) is 0 Å². The molecule has 1 aromatic carbocycles. The Balaban J connectivity index is 1.66. The summed E-state index contributed by atoms with van der Waals surface area (Å²) in [7, 11) is 1.66. The van der Waals surface area contributed by atoms with E-state index >= 15 is 0 Å². The molecule has 0 spiro atoms. The maximum absolute atomic E-state index is 12.3. The van der Waals surface area contributed by atoms with Crippen LogP contribution in [0.25, 0.3) is 5.65 Å². The van der Waals surface area contributed by atoms with Crippen LogP contribution < -0.4 is 10.2 Å². The fraction of sp³-hybridized carbons (Fsp3) is 0.150. The van der Waals surface area contributed by atoms with Gasteiger partial charge >= 0.3 is 0 Å². The van der Waals surface area contributed by atoms with E-state index in [-0.39, 0.29) is 11.8 Å². The van der Waals surface area contributed by atoms with Crippen molar-refractivity contribution in [3.63, 3.8) is 0 Å². The number of likely N-dealkylation sites (N-methyl/N-ethyl adjacent to an activating group) is 1. The summed E-state index contributed by atoms with van der Waals surface area (Å²) in [5, 5.41) is 2.87. The molecule has 0 bridgehead atoms. The molecule has 0 atom stereocenters. The van der Waals surface area contributed by atoms with Crippen LogP contribution in [-0.2, 0) is 11.3 Å². The highest BCUT2D eigenvalue weighted by Crippen LogP contribution is 2.15. The minimum atomic E-state index is -0.204. The van der Waals surface area contributed by atoms with Gasteiger partial charge in [0.05, 0.1) is 12.2 Å². The van der Waals surface area contributed by atoms with Crippen LogP contribution in [0.3, 0.4) is 0 Å². The number of nitrogens with one attached hydrogen (secondary N) is 1. The first-order valence-electron chi connectivity index (χ1n) is 8.21. The number of hydrogen-bond donors (Lipinski definition) is 1. The second-order valence-electron chi connectivity index (χ2n) is 5.99. The summed E-state index contributed by atoms with van der Waals surface area (Å²) in [6, 6.07) is 10.8. The zero-order valence-electron chi connectivity index (χ0n) is 14.8. The number of rotatable bonds is 5. The van der Waals surface area contributed by atoms with Crippen LogP contribution in [0.15, 0.2) is 61.4 Å². The second kappa shape index (κ2) is 7.23. The van der Waals surface area contributed by atoms with Gasteiger partial charge in [0, 0.05) is 30.7 Å². The van der Waals surface area contributed by atoms with Crippen molar-refractivity contribution in [1.82, 2.24) is 14.7 Å². The van der Waals surface area contributed by atoms with Crippen LogP contribution >= 0.6 is 0 Å². The van der Waals surface area contributed by atoms with Crippen molar-refractivity contribution in [2.75, 3.05) is 11.9 Å². The molecule has 132 valence electrons. The molecular weight excluding hydrogens is 328 g/mol. The van der Waals surface area contributed by atoms with E-state index in [0.29, 0.717) is 17.8 Å². The number of aromatic nitrogens is 2. The van der Waals surface area contributed by atoms with Crippen LogP contribution in [0.4, 0.5) is 5.69 Å². The summed E-state index contributed by atoms with van der Waals surface area (Å²) in [4.78, 5) is 29.9. The average Bonchev–Trinajstić information content (AvgIpc) is 3.09. The van der Waals surface area contributed by atoms with Gasteiger partial charge < -0.3 is 14.6 Å². The molecule has 2 amide bonds. The Morgan fingerprint density at radius 1 is 1.27 bits per heavy atom. The lowest BCUT2D eigenvalue weighted by atomic mass is 10.2. The van der Waals surface area contributed by atoms with Gasteiger partial charge in [0.2, 0.25) is 5.91 Å². The largest absolute Gasteiger partial charge is 0.346 e.